The van der Waals surface area contributed by atoms with Gasteiger partial charge in [0.05, 0.1) is 11.0 Å². The number of nitrogens with zero attached hydrogens (tertiary/aromatic N) is 1. The highest BCUT2D eigenvalue weighted by atomic mass is 16.6. The van der Waals surface area contributed by atoms with Gasteiger partial charge in [0.2, 0.25) is 0 Å². The number of non-ortho nitro benzene ring substituents is 1. The van der Waals surface area contributed by atoms with E-state index in [4.69, 9.17) is 0 Å². The highest BCUT2D eigenvalue weighted by Crippen LogP contribution is 2.50. The topological polar surface area (TPSA) is 55.2 Å². The summed E-state index contributed by atoms with van der Waals surface area (Å²) in [5.41, 5.74) is 5.01. The molecule has 122 valence electrons. The van der Waals surface area contributed by atoms with Crippen molar-refractivity contribution < 1.29 is 4.92 Å². The molecule has 0 aromatic heterocycles. The van der Waals surface area contributed by atoms with Gasteiger partial charge in [0.25, 0.3) is 5.69 Å². The van der Waals surface area contributed by atoms with Gasteiger partial charge in [-0.25, -0.2) is 0 Å². The number of hydrogen-bond donors (Lipinski definition) is 1. The van der Waals surface area contributed by atoms with E-state index in [1.54, 1.807) is 18.2 Å². The third-order valence-corrected chi connectivity index (χ3v) is 5.28. The number of rotatable bonds is 3. The summed E-state index contributed by atoms with van der Waals surface area (Å²) in [5, 5.41) is 14.7. The van der Waals surface area contributed by atoms with Gasteiger partial charge in [0, 0.05) is 23.7 Å². The molecule has 0 saturated heterocycles. The zero-order valence-electron chi connectivity index (χ0n) is 13.6. The monoisotopic (exact) mass is 320 g/mol. The fourth-order valence-electron chi connectivity index (χ4n) is 4.03. The van der Waals surface area contributed by atoms with Crippen LogP contribution in [0.4, 0.5) is 11.4 Å². The molecule has 2 aromatic rings. The number of allylic oxidation sites excluding steroid dienone is 2. The number of fused-ring (bicyclic) bond motifs is 3. The molecule has 0 radical (unpaired) electrons. The first-order valence-electron chi connectivity index (χ1n) is 8.47. The van der Waals surface area contributed by atoms with Crippen molar-refractivity contribution in [3.8, 4) is 0 Å². The minimum atomic E-state index is -0.321. The normalized spacial score (nSPS) is 24.1. The molecule has 4 nitrogen and oxygen atoms in total. The first-order valence-corrected chi connectivity index (χ1v) is 8.47. The zero-order chi connectivity index (χ0) is 16.7. The highest BCUT2D eigenvalue weighted by molar-refractivity contribution is 5.61. The second kappa shape index (κ2) is 5.78. The summed E-state index contributed by atoms with van der Waals surface area (Å²) < 4.78 is 0. The Morgan fingerprint density at radius 2 is 2.12 bits per heavy atom. The molecule has 1 aliphatic heterocycles. The molecule has 2 aromatic carbocycles. The quantitative estimate of drug-likeness (QED) is 0.493. The first-order chi connectivity index (χ1) is 11.7. The molecule has 1 N–H and O–H groups in total. The molecule has 0 fully saturated rings. The van der Waals surface area contributed by atoms with Crippen LogP contribution in [0.25, 0.3) is 0 Å². The zero-order valence-corrected chi connectivity index (χ0v) is 13.6. The predicted molar refractivity (Wildman–Crippen MR) is 95.3 cm³/mol. The first kappa shape index (κ1) is 14.9. The Balaban J connectivity index is 1.76. The van der Waals surface area contributed by atoms with E-state index in [0.29, 0.717) is 11.8 Å². The van der Waals surface area contributed by atoms with Crippen LogP contribution in [-0.2, 0) is 6.42 Å². The maximum Gasteiger partial charge on any atom is 0.269 e. The van der Waals surface area contributed by atoms with Crippen LogP contribution >= 0.6 is 0 Å². The second-order valence-corrected chi connectivity index (χ2v) is 6.60. The van der Waals surface area contributed by atoms with Crippen LogP contribution in [0.15, 0.2) is 54.6 Å². The molecule has 0 amide bonds. The van der Waals surface area contributed by atoms with Crippen LogP contribution in [0.5, 0.6) is 0 Å². The van der Waals surface area contributed by atoms with Crippen molar-refractivity contribution in [3.05, 3.63) is 81.4 Å². The summed E-state index contributed by atoms with van der Waals surface area (Å²) in [6, 6.07) is 13.8. The Morgan fingerprint density at radius 1 is 1.25 bits per heavy atom. The van der Waals surface area contributed by atoms with E-state index in [0.717, 1.165) is 24.1 Å². The summed E-state index contributed by atoms with van der Waals surface area (Å²) in [5.74, 6) is 0.795. The largest absolute Gasteiger partial charge is 0.378 e. The van der Waals surface area contributed by atoms with E-state index < -0.39 is 0 Å². The maximum absolute atomic E-state index is 11.1. The number of benzene rings is 2. The SMILES string of the molecule is CCc1ccc2c(c1)[C@@H]1C=CC[C@H]1[C@@H](c1cccc([N+](=O)[O-])c1)N2. The molecule has 2 aliphatic rings. The fourth-order valence-corrected chi connectivity index (χ4v) is 4.03. The number of aryl methyl sites for hydroxylation is 1. The predicted octanol–water partition coefficient (Wildman–Crippen LogP) is 4.98. The van der Waals surface area contributed by atoms with Crippen LogP contribution in [0.1, 0.15) is 42.0 Å². The third kappa shape index (κ3) is 2.39. The van der Waals surface area contributed by atoms with Crippen molar-refractivity contribution in [2.75, 3.05) is 5.32 Å². The molecule has 4 rings (SSSR count). The molecule has 3 atom stereocenters. The molecule has 0 spiro atoms. The Morgan fingerprint density at radius 3 is 2.92 bits per heavy atom. The molecule has 1 aliphatic carbocycles. The molecule has 0 saturated carbocycles. The summed E-state index contributed by atoms with van der Waals surface area (Å²) in [7, 11) is 0. The van der Waals surface area contributed by atoms with Gasteiger partial charge in [-0.2, -0.15) is 0 Å². The van der Waals surface area contributed by atoms with E-state index in [2.05, 4.69) is 42.6 Å². The molecular formula is C20H20N2O2. The van der Waals surface area contributed by atoms with Crippen LogP contribution in [0.2, 0.25) is 0 Å². The number of nitrogens with one attached hydrogen (secondary N) is 1. The van der Waals surface area contributed by atoms with Crippen molar-refractivity contribution in [1.29, 1.82) is 0 Å². The van der Waals surface area contributed by atoms with Crippen molar-refractivity contribution in [1.82, 2.24) is 0 Å². The van der Waals surface area contributed by atoms with Crippen molar-refractivity contribution in [3.63, 3.8) is 0 Å². The maximum atomic E-state index is 11.1. The minimum absolute atomic E-state index is 0.102. The Bertz CT molecular complexity index is 828. The Labute approximate surface area is 141 Å². The lowest BCUT2D eigenvalue weighted by Crippen LogP contribution is -2.29. The molecule has 24 heavy (non-hydrogen) atoms. The van der Waals surface area contributed by atoms with Crippen LogP contribution in [-0.4, -0.2) is 4.92 Å². The second-order valence-electron chi connectivity index (χ2n) is 6.60. The Hall–Kier alpha value is -2.62. The molecule has 0 bridgehead atoms. The van der Waals surface area contributed by atoms with Gasteiger partial charge in [-0.15, -0.1) is 0 Å². The summed E-state index contributed by atoms with van der Waals surface area (Å²) in [4.78, 5) is 10.8. The van der Waals surface area contributed by atoms with E-state index in [9.17, 15) is 10.1 Å². The van der Waals surface area contributed by atoms with Crippen molar-refractivity contribution in [2.24, 2.45) is 5.92 Å². The van der Waals surface area contributed by atoms with E-state index >= 15 is 0 Å². The number of nitro groups is 1. The lowest BCUT2D eigenvalue weighted by Gasteiger charge is -2.37. The molecule has 4 heteroatoms. The van der Waals surface area contributed by atoms with Crippen LogP contribution < -0.4 is 5.32 Å². The van der Waals surface area contributed by atoms with Gasteiger partial charge in [-0.3, -0.25) is 10.1 Å². The lowest BCUT2D eigenvalue weighted by molar-refractivity contribution is -0.384. The summed E-state index contributed by atoms with van der Waals surface area (Å²) in [6.07, 6.45) is 6.58. The van der Waals surface area contributed by atoms with Gasteiger partial charge in [0.1, 0.15) is 0 Å². The average molecular weight is 320 g/mol. The molecule has 1 heterocycles. The Kier molecular flexibility index (Phi) is 3.60. The van der Waals surface area contributed by atoms with Gasteiger partial charge in [-0.05, 0) is 41.5 Å². The number of anilines is 1. The van der Waals surface area contributed by atoms with Crippen LogP contribution in [0, 0.1) is 16.0 Å². The van der Waals surface area contributed by atoms with E-state index in [1.807, 2.05) is 6.07 Å². The summed E-state index contributed by atoms with van der Waals surface area (Å²) >= 11 is 0. The summed E-state index contributed by atoms with van der Waals surface area (Å²) in [6.45, 7) is 2.17. The van der Waals surface area contributed by atoms with E-state index in [1.165, 1.54) is 11.1 Å². The molecular weight excluding hydrogens is 300 g/mol. The fraction of sp³-hybridized carbons (Fsp3) is 0.300. The van der Waals surface area contributed by atoms with Crippen molar-refractivity contribution >= 4 is 11.4 Å². The van der Waals surface area contributed by atoms with E-state index in [-0.39, 0.29) is 16.7 Å². The van der Waals surface area contributed by atoms with Gasteiger partial charge >= 0.3 is 0 Å². The number of nitro benzene ring substituents is 1. The minimum Gasteiger partial charge on any atom is -0.378 e. The van der Waals surface area contributed by atoms with Gasteiger partial charge < -0.3 is 5.32 Å². The number of hydrogen-bond acceptors (Lipinski definition) is 3. The smallest absolute Gasteiger partial charge is 0.269 e. The van der Waals surface area contributed by atoms with Crippen LogP contribution in [0.3, 0.4) is 0 Å². The average Bonchev–Trinajstić information content (AvgIpc) is 3.10. The third-order valence-electron chi connectivity index (χ3n) is 5.28. The highest BCUT2D eigenvalue weighted by Gasteiger charge is 2.38. The standard InChI is InChI=1S/C20H20N2O2/c1-2-13-9-10-19-18(11-13)16-7-4-8-17(16)20(21-19)14-5-3-6-15(12-14)22(23)24/h3-7,9-12,16-17,20-21H,2,8H2,1H3/t16-,17-,20-/m1/s1. The van der Waals surface area contributed by atoms with Gasteiger partial charge in [-0.1, -0.05) is 43.3 Å². The lowest BCUT2D eigenvalue weighted by atomic mass is 9.76. The molecule has 0 unspecified atom stereocenters. The van der Waals surface area contributed by atoms with Crippen molar-refractivity contribution in [2.45, 2.75) is 31.7 Å². The van der Waals surface area contributed by atoms with Gasteiger partial charge in [0.15, 0.2) is 0 Å².